The third-order valence-corrected chi connectivity index (χ3v) is 2.68. The van der Waals surface area contributed by atoms with Gasteiger partial charge in [0.25, 0.3) is 0 Å². The SMILES string of the molecule is CC(C)Oc1ncccc1CNc1ccc(F)cc1N. The Morgan fingerprint density at radius 1 is 1.35 bits per heavy atom. The lowest BCUT2D eigenvalue weighted by atomic mass is 10.2. The minimum Gasteiger partial charge on any atom is -0.475 e. The van der Waals surface area contributed by atoms with Crippen LogP contribution in [0, 0.1) is 5.82 Å². The van der Waals surface area contributed by atoms with Crippen LogP contribution in [0.25, 0.3) is 0 Å². The molecule has 0 atom stereocenters. The smallest absolute Gasteiger partial charge is 0.218 e. The number of ether oxygens (including phenoxy) is 1. The molecule has 0 saturated heterocycles. The fourth-order valence-corrected chi connectivity index (χ4v) is 1.77. The van der Waals surface area contributed by atoms with E-state index in [1.807, 2.05) is 26.0 Å². The van der Waals surface area contributed by atoms with Gasteiger partial charge in [-0.25, -0.2) is 9.37 Å². The van der Waals surface area contributed by atoms with Crippen LogP contribution in [0.2, 0.25) is 0 Å². The van der Waals surface area contributed by atoms with Gasteiger partial charge in [-0.2, -0.15) is 0 Å². The molecule has 0 fully saturated rings. The third kappa shape index (κ3) is 3.60. The Bertz CT molecular complexity index is 587. The first-order valence-electron chi connectivity index (χ1n) is 6.45. The summed E-state index contributed by atoms with van der Waals surface area (Å²) in [5, 5.41) is 3.16. The van der Waals surface area contributed by atoms with Gasteiger partial charge in [-0.1, -0.05) is 6.07 Å². The summed E-state index contributed by atoms with van der Waals surface area (Å²) in [5.41, 5.74) is 7.74. The number of rotatable bonds is 5. The van der Waals surface area contributed by atoms with Gasteiger partial charge in [-0.05, 0) is 38.1 Å². The fourth-order valence-electron chi connectivity index (χ4n) is 1.77. The summed E-state index contributed by atoms with van der Waals surface area (Å²) in [4.78, 5) is 4.21. The van der Waals surface area contributed by atoms with Crippen molar-refractivity contribution in [2.24, 2.45) is 0 Å². The van der Waals surface area contributed by atoms with Crippen molar-refractivity contribution in [3.05, 3.63) is 47.9 Å². The van der Waals surface area contributed by atoms with E-state index in [-0.39, 0.29) is 11.9 Å². The number of nitrogens with zero attached hydrogens (tertiary/aromatic N) is 1. The van der Waals surface area contributed by atoms with E-state index < -0.39 is 0 Å². The number of hydrogen-bond acceptors (Lipinski definition) is 4. The Morgan fingerprint density at radius 3 is 2.85 bits per heavy atom. The molecule has 1 aromatic heterocycles. The summed E-state index contributed by atoms with van der Waals surface area (Å²) < 4.78 is 18.6. The monoisotopic (exact) mass is 275 g/mol. The molecule has 1 aromatic carbocycles. The lowest BCUT2D eigenvalue weighted by Crippen LogP contribution is -2.11. The Labute approximate surface area is 117 Å². The molecule has 0 bridgehead atoms. The highest BCUT2D eigenvalue weighted by atomic mass is 19.1. The summed E-state index contributed by atoms with van der Waals surface area (Å²) in [6.07, 6.45) is 1.74. The molecule has 0 aliphatic heterocycles. The van der Waals surface area contributed by atoms with Gasteiger partial charge in [0.05, 0.1) is 17.5 Å². The van der Waals surface area contributed by atoms with E-state index in [2.05, 4.69) is 10.3 Å². The number of nitrogen functional groups attached to an aromatic ring is 1. The van der Waals surface area contributed by atoms with Gasteiger partial charge >= 0.3 is 0 Å². The Hall–Kier alpha value is -2.30. The second-order valence-electron chi connectivity index (χ2n) is 4.72. The molecule has 1 heterocycles. The molecule has 2 aromatic rings. The van der Waals surface area contributed by atoms with E-state index >= 15 is 0 Å². The molecule has 106 valence electrons. The molecular weight excluding hydrogens is 257 g/mol. The van der Waals surface area contributed by atoms with E-state index in [0.29, 0.717) is 23.8 Å². The summed E-state index contributed by atoms with van der Waals surface area (Å²) >= 11 is 0. The molecule has 4 nitrogen and oxygen atoms in total. The van der Waals surface area contributed by atoms with Crippen LogP contribution in [0.4, 0.5) is 15.8 Å². The number of benzene rings is 1. The quantitative estimate of drug-likeness (QED) is 0.823. The maximum absolute atomic E-state index is 13.0. The van der Waals surface area contributed by atoms with Crippen molar-refractivity contribution < 1.29 is 9.13 Å². The maximum Gasteiger partial charge on any atom is 0.218 e. The minimum atomic E-state index is -0.349. The van der Waals surface area contributed by atoms with Crippen LogP contribution < -0.4 is 15.8 Å². The topological polar surface area (TPSA) is 60.2 Å². The lowest BCUT2D eigenvalue weighted by molar-refractivity contribution is 0.230. The van der Waals surface area contributed by atoms with Gasteiger partial charge in [-0.3, -0.25) is 0 Å². The number of hydrogen-bond donors (Lipinski definition) is 2. The summed E-state index contributed by atoms with van der Waals surface area (Å²) in [6.45, 7) is 4.40. The fraction of sp³-hybridized carbons (Fsp3) is 0.267. The van der Waals surface area contributed by atoms with Crippen LogP contribution in [0.3, 0.4) is 0 Å². The minimum absolute atomic E-state index is 0.0551. The van der Waals surface area contributed by atoms with Crippen molar-refractivity contribution in [1.82, 2.24) is 4.98 Å². The number of nitrogens with two attached hydrogens (primary N) is 1. The largest absolute Gasteiger partial charge is 0.475 e. The molecule has 0 aliphatic carbocycles. The Kier molecular flexibility index (Phi) is 4.40. The normalized spacial score (nSPS) is 10.6. The highest BCUT2D eigenvalue weighted by Crippen LogP contribution is 2.22. The average Bonchev–Trinajstić information content (AvgIpc) is 2.39. The van der Waals surface area contributed by atoms with Gasteiger partial charge < -0.3 is 15.8 Å². The Morgan fingerprint density at radius 2 is 2.15 bits per heavy atom. The highest BCUT2D eigenvalue weighted by molar-refractivity contribution is 5.66. The average molecular weight is 275 g/mol. The first-order valence-corrected chi connectivity index (χ1v) is 6.45. The van der Waals surface area contributed by atoms with E-state index in [4.69, 9.17) is 10.5 Å². The van der Waals surface area contributed by atoms with Crippen LogP contribution in [0.5, 0.6) is 5.88 Å². The summed E-state index contributed by atoms with van der Waals surface area (Å²) in [6, 6.07) is 8.05. The van der Waals surface area contributed by atoms with Crippen LogP contribution in [-0.4, -0.2) is 11.1 Å². The first-order chi connectivity index (χ1) is 9.56. The van der Waals surface area contributed by atoms with E-state index in [0.717, 1.165) is 5.56 Å². The van der Waals surface area contributed by atoms with E-state index in [1.165, 1.54) is 12.1 Å². The zero-order chi connectivity index (χ0) is 14.5. The second-order valence-corrected chi connectivity index (χ2v) is 4.72. The zero-order valence-electron chi connectivity index (χ0n) is 11.6. The van der Waals surface area contributed by atoms with Crippen molar-refractivity contribution in [3.8, 4) is 5.88 Å². The van der Waals surface area contributed by atoms with Crippen LogP contribution in [0.15, 0.2) is 36.5 Å². The highest BCUT2D eigenvalue weighted by Gasteiger charge is 2.07. The number of nitrogens with one attached hydrogen (secondary N) is 1. The molecule has 0 unspecified atom stereocenters. The molecule has 0 amide bonds. The number of halogens is 1. The molecule has 20 heavy (non-hydrogen) atoms. The van der Waals surface area contributed by atoms with Crippen molar-refractivity contribution in [2.45, 2.75) is 26.5 Å². The second kappa shape index (κ2) is 6.23. The molecule has 0 spiro atoms. The molecule has 0 radical (unpaired) electrons. The van der Waals surface area contributed by atoms with Crippen molar-refractivity contribution in [2.75, 3.05) is 11.1 Å². The van der Waals surface area contributed by atoms with Crippen LogP contribution in [-0.2, 0) is 6.54 Å². The molecule has 0 saturated carbocycles. The zero-order valence-corrected chi connectivity index (χ0v) is 11.6. The van der Waals surface area contributed by atoms with E-state index in [1.54, 1.807) is 12.3 Å². The molecule has 3 N–H and O–H groups in total. The number of pyridine rings is 1. The summed E-state index contributed by atoms with van der Waals surface area (Å²) in [7, 11) is 0. The Balaban J connectivity index is 2.10. The predicted molar refractivity (Wildman–Crippen MR) is 78.1 cm³/mol. The third-order valence-electron chi connectivity index (χ3n) is 2.68. The first kappa shape index (κ1) is 14.1. The van der Waals surface area contributed by atoms with Crippen LogP contribution in [0.1, 0.15) is 19.4 Å². The van der Waals surface area contributed by atoms with Gasteiger partial charge in [0.2, 0.25) is 5.88 Å². The lowest BCUT2D eigenvalue weighted by Gasteiger charge is -2.14. The maximum atomic E-state index is 13.0. The van der Waals surface area contributed by atoms with Crippen molar-refractivity contribution in [1.29, 1.82) is 0 Å². The molecular formula is C15H18FN3O. The van der Waals surface area contributed by atoms with Gasteiger partial charge in [-0.15, -0.1) is 0 Å². The van der Waals surface area contributed by atoms with Gasteiger partial charge in [0.1, 0.15) is 5.82 Å². The van der Waals surface area contributed by atoms with Crippen LogP contribution >= 0.6 is 0 Å². The molecule has 2 rings (SSSR count). The standard InChI is InChI=1S/C15H18FN3O/c1-10(2)20-15-11(4-3-7-18-15)9-19-14-6-5-12(16)8-13(14)17/h3-8,10,19H,9,17H2,1-2H3. The summed E-state index contributed by atoms with van der Waals surface area (Å²) in [5.74, 6) is 0.244. The predicted octanol–water partition coefficient (Wildman–Crippen LogP) is 3.20. The number of anilines is 2. The van der Waals surface area contributed by atoms with E-state index in [9.17, 15) is 4.39 Å². The van der Waals surface area contributed by atoms with Crippen molar-refractivity contribution in [3.63, 3.8) is 0 Å². The van der Waals surface area contributed by atoms with Gasteiger partial charge in [0, 0.05) is 18.3 Å². The van der Waals surface area contributed by atoms with Gasteiger partial charge in [0.15, 0.2) is 0 Å². The number of aromatic nitrogens is 1. The molecule has 5 heteroatoms. The molecule has 0 aliphatic rings. The van der Waals surface area contributed by atoms with Crippen molar-refractivity contribution >= 4 is 11.4 Å².